The second kappa shape index (κ2) is 4.21. The normalized spacial score (nSPS) is 22.2. The molecule has 1 aliphatic rings. The molecule has 1 atom stereocenters. The third-order valence-corrected chi connectivity index (χ3v) is 2.64. The molecule has 0 spiro atoms. The van der Waals surface area contributed by atoms with Crippen molar-refractivity contribution in [3.05, 3.63) is 48.1 Å². The zero-order valence-corrected chi connectivity index (χ0v) is 9.19. The number of carbonyl (C=O) groups is 1. The van der Waals surface area contributed by atoms with E-state index >= 15 is 0 Å². The number of carboxylic acids is 1. The number of aliphatic carboxylic acids is 1. The molecule has 18 heavy (non-hydrogen) atoms. The van der Waals surface area contributed by atoms with Crippen LogP contribution in [0.4, 0.5) is 8.78 Å². The van der Waals surface area contributed by atoms with Crippen molar-refractivity contribution in [2.45, 2.75) is 12.0 Å². The molecule has 1 aliphatic heterocycles. The summed E-state index contributed by atoms with van der Waals surface area (Å²) < 4.78 is 26.1. The lowest BCUT2D eigenvalue weighted by Crippen LogP contribution is -2.36. The van der Waals surface area contributed by atoms with Crippen molar-refractivity contribution in [3.63, 3.8) is 0 Å². The molecule has 1 N–H and O–H groups in total. The Balaban J connectivity index is 2.33. The van der Waals surface area contributed by atoms with Gasteiger partial charge in [0.25, 0.3) is 5.60 Å². The number of rotatable bonds is 3. The quantitative estimate of drug-likeness (QED) is 0.839. The van der Waals surface area contributed by atoms with Crippen LogP contribution in [0.25, 0.3) is 0 Å². The summed E-state index contributed by atoms with van der Waals surface area (Å²) in [5, 5.41) is 12.6. The van der Waals surface area contributed by atoms with Gasteiger partial charge in [-0.3, -0.25) is 0 Å². The maximum atomic E-state index is 13.0. The summed E-state index contributed by atoms with van der Waals surface area (Å²) in [6.07, 6.45) is 0.968. The smallest absolute Gasteiger partial charge is 0.355 e. The molecule has 0 amide bonds. The van der Waals surface area contributed by atoms with E-state index < -0.39 is 23.2 Å². The summed E-state index contributed by atoms with van der Waals surface area (Å²) in [6.45, 7) is 3.37. The zero-order chi connectivity index (χ0) is 13.3. The summed E-state index contributed by atoms with van der Waals surface area (Å²) >= 11 is 0. The monoisotopic (exact) mass is 253 g/mol. The minimum absolute atomic E-state index is 0.130. The van der Waals surface area contributed by atoms with Crippen molar-refractivity contribution in [2.75, 3.05) is 0 Å². The van der Waals surface area contributed by atoms with Gasteiger partial charge in [0, 0.05) is 11.6 Å². The highest BCUT2D eigenvalue weighted by molar-refractivity contribution is 6.05. The lowest BCUT2D eigenvalue weighted by atomic mass is 9.94. The molecule has 6 heteroatoms. The largest absolute Gasteiger partial charge is 0.478 e. The Bertz CT molecular complexity index is 536. The highest BCUT2D eigenvalue weighted by atomic mass is 19.1. The average molecular weight is 253 g/mol. The lowest BCUT2D eigenvalue weighted by Gasteiger charge is -2.15. The molecule has 0 bridgehead atoms. The molecule has 2 rings (SSSR count). The lowest BCUT2D eigenvalue weighted by molar-refractivity contribution is -0.156. The molecule has 0 radical (unpaired) electrons. The van der Waals surface area contributed by atoms with Crippen LogP contribution in [0.3, 0.4) is 0 Å². The number of halogens is 2. The van der Waals surface area contributed by atoms with Gasteiger partial charge < -0.3 is 9.94 Å². The van der Waals surface area contributed by atoms with E-state index in [1.165, 1.54) is 0 Å². The first-order valence-corrected chi connectivity index (χ1v) is 5.05. The summed E-state index contributed by atoms with van der Waals surface area (Å²) in [5.74, 6) is -2.79. The number of nitrogens with zero attached hydrogens (tertiary/aromatic N) is 1. The van der Waals surface area contributed by atoms with Gasteiger partial charge in [-0.05, 0) is 18.2 Å². The van der Waals surface area contributed by atoms with Crippen LogP contribution in [-0.4, -0.2) is 22.4 Å². The molecule has 0 unspecified atom stereocenters. The van der Waals surface area contributed by atoms with E-state index in [0.717, 1.165) is 24.3 Å². The number of hydrogen-bond acceptors (Lipinski definition) is 3. The van der Waals surface area contributed by atoms with Gasteiger partial charge in [-0.25, -0.2) is 13.6 Å². The molecule has 0 saturated carbocycles. The third-order valence-electron chi connectivity index (χ3n) is 2.64. The van der Waals surface area contributed by atoms with Crippen molar-refractivity contribution >= 4 is 11.7 Å². The maximum Gasteiger partial charge on any atom is 0.355 e. The van der Waals surface area contributed by atoms with Gasteiger partial charge >= 0.3 is 5.97 Å². The number of benzene rings is 1. The SMILES string of the molecule is C=C[C@]1(C(=O)O)CC(c2cc(F)cc(F)c2)=NO1. The Labute approximate surface area is 101 Å². The van der Waals surface area contributed by atoms with Crippen LogP contribution in [0.1, 0.15) is 12.0 Å². The van der Waals surface area contributed by atoms with E-state index in [-0.39, 0.29) is 17.7 Å². The Morgan fingerprint density at radius 3 is 2.50 bits per heavy atom. The van der Waals surface area contributed by atoms with Crippen LogP contribution in [0.15, 0.2) is 36.0 Å². The van der Waals surface area contributed by atoms with Crippen molar-refractivity contribution in [3.8, 4) is 0 Å². The molecular weight excluding hydrogens is 244 g/mol. The highest BCUT2D eigenvalue weighted by Crippen LogP contribution is 2.28. The van der Waals surface area contributed by atoms with E-state index in [4.69, 9.17) is 9.94 Å². The topological polar surface area (TPSA) is 58.9 Å². The first-order chi connectivity index (χ1) is 8.47. The summed E-state index contributed by atoms with van der Waals surface area (Å²) in [7, 11) is 0. The Morgan fingerprint density at radius 1 is 1.44 bits per heavy atom. The first kappa shape index (κ1) is 12.2. The zero-order valence-electron chi connectivity index (χ0n) is 9.19. The molecule has 4 nitrogen and oxygen atoms in total. The number of hydrogen-bond donors (Lipinski definition) is 1. The van der Waals surface area contributed by atoms with Gasteiger partial charge in [0.2, 0.25) is 0 Å². The van der Waals surface area contributed by atoms with Gasteiger partial charge in [-0.1, -0.05) is 11.7 Å². The Morgan fingerprint density at radius 2 is 2.06 bits per heavy atom. The Hall–Kier alpha value is -2.24. The van der Waals surface area contributed by atoms with Crippen molar-refractivity contribution in [1.29, 1.82) is 0 Å². The van der Waals surface area contributed by atoms with E-state index in [0.29, 0.717) is 0 Å². The second-order valence-electron chi connectivity index (χ2n) is 3.86. The van der Waals surface area contributed by atoms with Crippen LogP contribution in [0.5, 0.6) is 0 Å². The third kappa shape index (κ3) is 1.97. The summed E-state index contributed by atoms with van der Waals surface area (Å²) in [6, 6.07) is 2.84. The molecule has 94 valence electrons. The van der Waals surface area contributed by atoms with E-state index in [9.17, 15) is 13.6 Å². The standard InChI is InChI=1S/C12H9F2NO3/c1-2-12(11(16)17)6-10(15-18-12)7-3-8(13)5-9(14)4-7/h2-5H,1,6H2,(H,16,17)/t12-/m1/s1. The molecule has 1 heterocycles. The van der Waals surface area contributed by atoms with Crippen LogP contribution in [0.2, 0.25) is 0 Å². The Kier molecular flexibility index (Phi) is 2.86. The van der Waals surface area contributed by atoms with Crippen LogP contribution in [-0.2, 0) is 9.63 Å². The fourth-order valence-corrected chi connectivity index (χ4v) is 1.64. The van der Waals surface area contributed by atoms with Crippen molar-refractivity contribution < 1.29 is 23.5 Å². The minimum Gasteiger partial charge on any atom is -0.478 e. The van der Waals surface area contributed by atoms with Gasteiger partial charge in [0.15, 0.2) is 0 Å². The minimum atomic E-state index is -1.67. The number of carboxylic acid groups (broad SMARTS) is 1. The van der Waals surface area contributed by atoms with Crippen LogP contribution in [0, 0.1) is 11.6 Å². The summed E-state index contributed by atoms with van der Waals surface area (Å²) in [5.41, 5.74) is -1.36. The molecule has 1 aromatic rings. The first-order valence-electron chi connectivity index (χ1n) is 5.05. The second-order valence-corrected chi connectivity index (χ2v) is 3.86. The van der Waals surface area contributed by atoms with Crippen LogP contribution < -0.4 is 0 Å². The molecule has 0 saturated heterocycles. The molecule has 0 aromatic heterocycles. The van der Waals surface area contributed by atoms with E-state index in [2.05, 4.69) is 11.7 Å². The van der Waals surface area contributed by atoms with Crippen molar-refractivity contribution in [2.24, 2.45) is 5.16 Å². The van der Waals surface area contributed by atoms with Gasteiger partial charge in [0.1, 0.15) is 11.6 Å². The average Bonchev–Trinajstić information content (AvgIpc) is 2.73. The van der Waals surface area contributed by atoms with Crippen molar-refractivity contribution in [1.82, 2.24) is 0 Å². The van der Waals surface area contributed by atoms with Gasteiger partial charge in [0.05, 0.1) is 12.1 Å². The molecule has 1 aromatic carbocycles. The molecular formula is C12H9F2NO3. The fourth-order valence-electron chi connectivity index (χ4n) is 1.64. The van der Waals surface area contributed by atoms with E-state index in [1.54, 1.807) is 0 Å². The summed E-state index contributed by atoms with van der Waals surface area (Å²) in [4.78, 5) is 15.9. The van der Waals surface area contributed by atoms with Gasteiger partial charge in [-0.2, -0.15) is 0 Å². The van der Waals surface area contributed by atoms with Crippen LogP contribution >= 0.6 is 0 Å². The van der Waals surface area contributed by atoms with Gasteiger partial charge in [-0.15, -0.1) is 0 Å². The number of oxime groups is 1. The highest BCUT2D eigenvalue weighted by Gasteiger charge is 2.44. The predicted octanol–water partition coefficient (Wildman–Crippen LogP) is 2.10. The van der Waals surface area contributed by atoms with E-state index in [1.807, 2.05) is 0 Å². The predicted molar refractivity (Wildman–Crippen MR) is 59.2 cm³/mol. The fraction of sp³-hybridized carbons (Fsp3) is 0.167. The maximum absolute atomic E-state index is 13.0. The molecule has 0 fully saturated rings. The molecule has 0 aliphatic carbocycles.